The summed E-state index contributed by atoms with van der Waals surface area (Å²) in [6, 6.07) is 17.1. The fourth-order valence-electron chi connectivity index (χ4n) is 3.08. The van der Waals surface area contributed by atoms with Gasteiger partial charge >= 0.3 is 0 Å². The molecule has 0 radical (unpaired) electrons. The van der Waals surface area contributed by atoms with Gasteiger partial charge in [-0.1, -0.05) is 42.5 Å². The van der Waals surface area contributed by atoms with Crippen LogP contribution in [0, 0.1) is 0 Å². The molecule has 1 aliphatic rings. The number of fused-ring (bicyclic) bond motifs is 1. The monoisotopic (exact) mass is 267 g/mol. The molecule has 0 saturated carbocycles. The van der Waals surface area contributed by atoms with Crippen LogP contribution in [0.4, 0.5) is 0 Å². The summed E-state index contributed by atoms with van der Waals surface area (Å²) in [4.78, 5) is 0. The van der Waals surface area contributed by atoms with Gasteiger partial charge in [-0.3, -0.25) is 0 Å². The minimum Gasteiger partial charge on any atom is -0.496 e. The van der Waals surface area contributed by atoms with Crippen LogP contribution in [-0.4, -0.2) is 13.7 Å². The van der Waals surface area contributed by atoms with Crippen molar-refractivity contribution in [2.75, 3.05) is 13.7 Å². The summed E-state index contributed by atoms with van der Waals surface area (Å²) in [5.74, 6) is 1.61. The molecule has 2 nitrogen and oxygen atoms in total. The van der Waals surface area contributed by atoms with Crippen molar-refractivity contribution in [3.63, 3.8) is 0 Å². The van der Waals surface area contributed by atoms with Gasteiger partial charge in [0.1, 0.15) is 5.75 Å². The summed E-state index contributed by atoms with van der Waals surface area (Å²) < 4.78 is 5.44. The second kappa shape index (κ2) is 6.10. The molecule has 1 unspecified atom stereocenters. The number of ether oxygens (including phenoxy) is 1. The Morgan fingerprint density at radius 3 is 2.80 bits per heavy atom. The molecular weight excluding hydrogens is 246 g/mol. The lowest BCUT2D eigenvalue weighted by atomic mass is 9.86. The highest BCUT2D eigenvalue weighted by molar-refractivity contribution is 5.35. The first-order chi connectivity index (χ1) is 9.88. The quantitative estimate of drug-likeness (QED) is 0.915. The van der Waals surface area contributed by atoms with Gasteiger partial charge in [0.25, 0.3) is 0 Å². The highest BCUT2D eigenvalue weighted by atomic mass is 16.5. The Labute approximate surface area is 120 Å². The molecular formula is C18H21NO. The van der Waals surface area contributed by atoms with Gasteiger partial charge in [-0.2, -0.15) is 0 Å². The molecule has 0 bridgehead atoms. The van der Waals surface area contributed by atoms with Gasteiger partial charge in [-0.25, -0.2) is 0 Å². The maximum atomic E-state index is 5.44. The van der Waals surface area contributed by atoms with Gasteiger partial charge in [-0.15, -0.1) is 0 Å². The molecule has 1 aliphatic heterocycles. The molecule has 0 aliphatic carbocycles. The van der Waals surface area contributed by atoms with Crippen LogP contribution in [-0.2, 0) is 13.0 Å². The SMILES string of the molecule is COc1ccccc1CCC1CNCc2ccccc21. The molecule has 0 fully saturated rings. The number of benzene rings is 2. The van der Waals surface area contributed by atoms with E-state index in [2.05, 4.69) is 41.7 Å². The van der Waals surface area contributed by atoms with E-state index in [0.717, 1.165) is 31.7 Å². The first-order valence-corrected chi connectivity index (χ1v) is 7.29. The smallest absolute Gasteiger partial charge is 0.122 e. The zero-order valence-corrected chi connectivity index (χ0v) is 11.9. The number of para-hydroxylation sites is 1. The van der Waals surface area contributed by atoms with Gasteiger partial charge < -0.3 is 10.1 Å². The molecule has 2 heteroatoms. The van der Waals surface area contributed by atoms with Crippen molar-refractivity contribution in [3.05, 3.63) is 65.2 Å². The average molecular weight is 267 g/mol. The molecule has 2 aromatic rings. The lowest BCUT2D eigenvalue weighted by Crippen LogP contribution is -2.28. The highest BCUT2D eigenvalue weighted by Crippen LogP contribution is 2.29. The second-order valence-electron chi connectivity index (χ2n) is 5.38. The van der Waals surface area contributed by atoms with E-state index in [-0.39, 0.29) is 0 Å². The molecule has 1 atom stereocenters. The van der Waals surface area contributed by atoms with Gasteiger partial charge in [0.05, 0.1) is 7.11 Å². The summed E-state index contributed by atoms with van der Waals surface area (Å²) in [5.41, 5.74) is 4.27. The van der Waals surface area contributed by atoms with Crippen LogP contribution in [0.2, 0.25) is 0 Å². The zero-order valence-electron chi connectivity index (χ0n) is 11.9. The van der Waals surface area contributed by atoms with Gasteiger partial charge in [0.2, 0.25) is 0 Å². The molecule has 0 amide bonds. The van der Waals surface area contributed by atoms with Crippen molar-refractivity contribution in [1.82, 2.24) is 5.32 Å². The van der Waals surface area contributed by atoms with Crippen molar-refractivity contribution >= 4 is 0 Å². The number of rotatable bonds is 4. The molecule has 0 saturated heterocycles. The van der Waals surface area contributed by atoms with E-state index in [9.17, 15) is 0 Å². The minimum atomic E-state index is 0.602. The van der Waals surface area contributed by atoms with E-state index in [4.69, 9.17) is 4.74 Å². The number of nitrogens with one attached hydrogen (secondary N) is 1. The fraction of sp³-hybridized carbons (Fsp3) is 0.333. The third-order valence-electron chi connectivity index (χ3n) is 4.16. The second-order valence-corrected chi connectivity index (χ2v) is 5.38. The Bertz CT molecular complexity index is 579. The first kappa shape index (κ1) is 13.2. The standard InChI is InChI=1S/C18H21NO/c1-20-18-9-5-3-6-14(18)10-11-16-13-19-12-15-7-2-4-8-17(15)16/h2-9,16,19H,10-13H2,1H3. The van der Waals surface area contributed by atoms with E-state index in [1.165, 1.54) is 16.7 Å². The normalized spacial score (nSPS) is 17.6. The van der Waals surface area contributed by atoms with Crippen LogP contribution in [0.25, 0.3) is 0 Å². The number of aryl methyl sites for hydroxylation is 1. The maximum absolute atomic E-state index is 5.44. The maximum Gasteiger partial charge on any atom is 0.122 e. The van der Waals surface area contributed by atoms with Gasteiger partial charge in [0, 0.05) is 13.1 Å². The van der Waals surface area contributed by atoms with Crippen LogP contribution in [0.3, 0.4) is 0 Å². The number of methoxy groups -OCH3 is 1. The van der Waals surface area contributed by atoms with Crippen molar-refractivity contribution in [2.24, 2.45) is 0 Å². The Hall–Kier alpha value is -1.80. The average Bonchev–Trinajstić information content (AvgIpc) is 2.53. The first-order valence-electron chi connectivity index (χ1n) is 7.29. The molecule has 0 spiro atoms. The third-order valence-corrected chi connectivity index (χ3v) is 4.16. The van der Waals surface area contributed by atoms with Gasteiger partial charge in [0.15, 0.2) is 0 Å². The van der Waals surface area contributed by atoms with E-state index in [0.29, 0.717) is 5.92 Å². The van der Waals surface area contributed by atoms with E-state index >= 15 is 0 Å². The van der Waals surface area contributed by atoms with Crippen molar-refractivity contribution in [2.45, 2.75) is 25.3 Å². The summed E-state index contributed by atoms with van der Waals surface area (Å²) >= 11 is 0. The molecule has 0 aromatic heterocycles. The molecule has 1 N–H and O–H groups in total. The minimum absolute atomic E-state index is 0.602. The predicted octanol–water partition coefficient (Wildman–Crippen LogP) is 3.51. The zero-order chi connectivity index (χ0) is 13.8. The van der Waals surface area contributed by atoms with Crippen LogP contribution >= 0.6 is 0 Å². The summed E-state index contributed by atoms with van der Waals surface area (Å²) in [5, 5.41) is 3.52. The van der Waals surface area contributed by atoms with Crippen LogP contribution in [0.1, 0.15) is 29.0 Å². The number of hydrogen-bond donors (Lipinski definition) is 1. The van der Waals surface area contributed by atoms with Crippen LogP contribution in [0.5, 0.6) is 5.75 Å². The van der Waals surface area contributed by atoms with Crippen molar-refractivity contribution in [1.29, 1.82) is 0 Å². The lowest BCUT2D eigenvalue weighted by Gasteiger charge is -2.26. The van der Waals surface area contributed by atoms with Gasteiger partial charge in [-0.05, 0) is 41.5 Å². The Morgan fingerprint density at radius 2 is 1.90 bits per heavy atom. The van der Waals surface area contributed by atoms with Crippen LogP contribution in [0.15, 0.2) is 48.5 Å². The Morgan fingerprint density at radius 1 is 1.10 bits per heavy atom. The van der Waals surface area contributed by atoms with E-state index in [1.54, 1.807) is 7.11 Å². The van der Waals surface area contributed by atoms with E-state index in [1.807, 2.05) is 12.1 Å². The Balaban J connectivity index is 1.73. The fourth-order valence-corrected chi connectivity index (χ4v) is 3.08. The highest BCUT2D eigenvalue weighted by Gasteiger charge is 2.19. The topological polar surface area (TPSA) is 21.3 Å². The largest absolute Gasteiger partial charge is 0.496 e. The van der Waals surface area contributed by atoms with Crippen molar-refractivity contribution in [3.8, 4) is 5.75 Å². The molecule has 2 aromatic carbocycles. The van der Waals surface area contributed by atoms with E-state index < -0.39 is 0 Å². The summed E-state index contributed by atoms with van der Waals surface area (Å²) in [6.07, 6.45) is 2.22. The molecule has 1 heterocycles. The van der Waals surface area contributed by atoms with Crippen LogP contribution < -0.4 is 10.1 Å². The lowest BCUT2D eigenvalue weighted by molar-refractivity contribution is 0.407. The molecule has 3 rings (SSSR count). The van der Waals surface area contributed by atoms with Crippen molar-refractivity contribution < 1.29 is 4.74 Å². The predicted molar refractivity (Wildman–Crippen MR) is 82.2 cm³/mol. The third kappa shape index (κ3) is 2.70. The summed E-state index contributed by atoms with van der Waals surface area (Å²) in [6.45, 7) is 2.08. The Kier molecular flexibility index (Phi) is 4.03. The number of hydrogen-bond acceptors (Lipinski definition) is 2. The molecule has 104 valence electrons. The summed E-state index contributed by atoms with van der Waals surface area (Å²) in [7, 11) is 1.75. The molecule has 20 heavy (non-hydrogen) atoms.